The number of rotatable bonds is 8. The smallest absolute Gasteiger partial charge is 0.255 e. The maximum atomic E-state index is 14.1. The number of amides is 2. The molecule has 1 fully saturated rings. The number of Topliss-reactive ketones (excluding diaryl/α,β-unsaturated/α-hetero) is 2. The second kappa shape index (κ2) is 11.6. The summed E-state index contributed by atoms with van der Waals surface area (Å²) in [5.74, 6) is -10.1. The number of hydrogen-bond donors (Lipinski definition) is 8. The van der Waals surface area contributed by atoms with E-state index in [-0.39, 0.29) is 17.0 Å². The molecule has 7 atom stereocenters. The van der Waals surface area contributed by atoms with Gasteiger partial charge in [-0.15, -0.1) is 0 Å². The summed E-state index contributed by atoms with van der Waals surface area (Å²) >= 11 is 4.29. The summed E-state index contributed by atoms with van der Waals surface area (Å²) in [5.41, 5.74) is 0.900. The van der Waals surface area contributed by atoms with Crippen molar-refractivity contribution in [1.29, 1.82) is 0 Å². The number of phenols is 1. The number of aliphatic hydroxyl groups excluding tert-OH is 3. The molecule has 1 aromatic rings. The number of carbonyl (C=O) groups excluding carboxylic acids is 4. The van der Waals surface area contributed by atoms with Crippen molar-refractivity contribution in [2.45, 2.75) is 50.5 Å². The summed E-state index contributed by atoms with van der Waals surface area (Å²) in [6, 6.07) is 0.909. The first-order valence-corrected chi connectivity index (χ1v) is 14.6. The number of aliphatic hydroxyl groups is 4. The molecule has 0 bridgehead atoms. The second-order valence-corrected chi connectivity index (χ2v) is 11.7. The van der Waals surface area contributed by atoms with E-state index in [9.17, 15) is 44.7 Å². The van der Waals surface area contributed by atoms with Crippen LogP contribution in [0.1, 0.15) is 37.8 Å². The van der Waals surface area contributed by atoms with Crippen LogP contribution in [-0.2, 0) is 19.2 Å². The highest BCUT2D eigenvalue weighted by Gasteiger charge is 2.68. The Morgan fingerprint density at radius 1 is 1.14 bits per heavy atom. The minimum atomic E-state index is -3.01. The van der Waals surface area contributed by atoms with Gasteiger partial charge in [0.1, 0.15) is 22.8 Å². The molecule has 4 rings (SSSR count). The standard InChI is InChI=1S/C29H38N4O9S/c1-6-33(7-2)14(10-43)28(41)31-13-9-8-12-11(3)15-17(22(35)16(12)21(13)34)25(38)29(42)19(23(15)36)20(32(4)5)24(37)18(26(29)39)27(30)40/h8-9,11,14-15,19-20,23,34-36,39,42-43H,6-7,10H2,1-5H3,(H2,30,40)(H,31,41)/t11?,14?,15?,19?,20-,23?,29-/m0/s1. The first kappa shape index (κ1) is 32.5. The quantitative estimate of drug-likeness (QED) is 0.111. The van der Waals surface area contributed by atoms with Crippen LogP contribution in [0.5, 0.6) is 5.75 Å². The summed E-state index contributed by atoms with van der Waals surface area (Å²) in [4.78, 5) is 55.8. The number of nitrogens with one attached hydrogen (secondary N) is 1. The molecular weight excluding hydrogens is 580 g/mol. The van der Waals surface area contributed by atoms with Gasteiger partial charge in [-0.1, -0.05) is 26.8 Å². The number of fused-ring (bicyclic) bond motifs is 3. The van der Waals surface area contributed by atoms with Gasteiger partial charge >= 0.3 is 0 Å². The largest absolute Gasteiger partial charge is 0.508 e. The van der Waals surface area contributed by atoms with Gasteiger partial charge in [-0.05, 0) is 44.7 Å². The van der Waals surface area contributed by atoms with Gasteiger partial charge in [-0.25, -0.2) is 0 Å². The lowest BCUT2D eigenvalue weighted by atomic mass is 9.54. The van der Waals surface area contributed by atoms with Gasteiger partial charge in [0.2, 0.25) is 11.7 Å². The van der Waals surface area contributed by atoms with Gasteiger partial charge in [-0.2, -0.15) is 12.6 Å². The highest BCUT2D eigenvalue weighted by molar-refractivity contribution is 7.80. The van der Waals surface area contributed by atoms with Crippen LogP contribution in [0.15, 0.2) is 29.0 Å². The topological polar surface area (TPSA) is 214 Å². The molecule has 14 heteroatoms. The molecule has 0 radical (unpaired) electrons. The fourth-order valence-electron chi connectivity index (χ4n) is 6.96. The summed E-state index contributed by atoms with van der Waals surface area (Å²) < 4.78 is 0. The van der Waals surface area contributed by atoms with Crippen LogP contribution >= 0.6 is 12.6 Å². The van der Waals surface area contributed by atoms with Crippen molar-refractivity contribution < 1.29 is 44.7 Å². The van der Waals surface area contributed by atoms with E-state index >= 15 is 0 Å². The molecule has 1 saturated carbocycles. The molecule has 8 N–H and O–H groups in total. The zero-order chi connectivity index (χ0) is 32.3. The van der Waals surface area contributed by atoms with Crippen molar-refractivity contribution in [3.63, 3.8) is 0 Å². The van der Waals surface area contributed by atoms with Crippen molar-refractivity contribution in [1.82, 2.24) is 9.80 Å². The molecule has 13 nitrogen and oxygen atoms in total. The number of aromatic hydroxyl groups is 1. The Kier molecular flexibility index (Phi) is 8.75. The molecule has 3 aliphatic rings. The Bertz CT molecular complexity index is 1450. The molecule has 0 saturated heterocycles. The van der Waals surface area contributed by atoms with Crippen molar-refractivity contribution in [2.24, 2.45) is 17.6 Å². The molecule has 5 unspecified atom stereocenters. The van der Waals surface area contributed by atoms with E-state index in [0.29, 0.717) is 18.7 Å². The van der Waals surface area contributed by atoms with Crippen molar-refractivity contribution in [2.75, 3.05) is 38.3 Å². The van der Waals surface area contributed by atoms with E-state index in [1.54, 1.807) is 6.92 Å². The maximum absolute atomic E-state index is 14.1. The van der Waals surface area contributed by atoms with Gasteiger partial charge in [0.05, 0.1) is 35.4 Å². The van der Waals surface area contributed by atoms with Crippen LogP contribution in [-0.4, -0.2) is 115 Å². The highest BCUT2D eigenvalue weighted by atomic mass is 32.1. The third-order valence-corrected chi connectivity index (χ3v) is 9.46. The minimum absolute atomic E-state index is 0.0597. The van der Waals surface area contributed by atoms with Crippen LogP contribution < -0.4 is 11.1 Å². The number of anilines is 1. The van der Waals surface area contributed by atoms with E-state index in [2.05, 4.69) is 17.9 Å². The van der Waals surface area contributed by atoms with Gasteiger partial charge in [0.25, 0.3) is 5.91 Å². The molecule has 0 spiro atoms. The predicted octanol–water partition coefficient (Wildman–Crippen LogP) is 0.0745. The van der Waals surface area contributed by atoms with Crippen LogP contribution in [0, 0.1) is 11.8 Å². The van der Waals surface area contributed by atoms with E-state index in [4.69, 9.17) is 5.73 Å². The van der Waals surface area contributed by atoms with Crippen molar-refractivity contribution in [3.8, 4) is 5.75 Å². The molecule has 3 aliphatic carbocycles. The second-order valence-electron chi connectivity index (χ2n) is 11.4. The predicted molar refractivity (Wildman–Crippen MR) is 160 cm³/mol. The number of primary amides is 1. The molecule has 234 valence electrons. The van der Waals surface area contributed by atoms with Crippen molar-refractivity contribution in [3.05, 3.63) is 40.2 Å². The normalized spacial score (nSPS) is 29.4. The number of nitrogens with zero attached hydrogens (tertiary/aromatic N) is 2. The lowest BCUT2D eigenvalue weighted by molar-refractivity contribution is -0.169. The monoisotopic (exact) mass is 618 g/mol. The number of benzene rings is 1. The lowest BCUT2D eigenvalue weighted by Crippen LogP contribution is -2.70. The maximum Gasteiger partial charge on any atom is 0.255 e. The fourth-order valence-corrected chi connectivity index (χ4v) is 7.36. The zero-order valence-corrected chi connectivity index (χ0v) is 25.4. The highest BCUT2D eigenvalue weighted by Crippen LogP contribution is 2.56. The summed E-state index contributed by atoms with van der Waals surface area (Å²) in [5, 5.41) is 59.9. The SMILES string of the molecule is CCN(CC)C(CS)C(=O)Nc1ccc2c(c1O)C(O)=C1C(=O)[C@]3(O)C(O)=C(C(N)=O)C(=O)[C@@H](N(C)C)C3C(O)C1C2C. The van der Waals surface area contributed by atoms with Crippen LogP contribution in [0.25, 0.3) is 5.76 Å². The molecule has 0 aromatic heterocycles. The number of carbonyl (C=O) groups is 4. The summed E-state index contributed by atoms with van der Waals surface area (Å²) in [7, 11) is 2.88. The third kappa shape index (κ3) is 4.63. The molecule has 2 amide bonds. The van der Waals surface area contributed by atoms with Gasteiger partial charge in [-0.3, -0.25) is 29.0 Å². The Balaban J connectivity index is 1.90. The molecular formula is C29H38N4O9S. The van der Waals surface area contributed by atoms with Crippen LogP contribution in [0.4, 0.5) is 5.69 Å². The number of thiol groups is 1. The number of ketones is 2. The Hall–Kier alpha value is -3.43. The van der Waals surface area contributed by atoms with Crippen LogP contribution in [0.3, 0.4) is 0 Å². The fraction of sp³-hybridized carbons (Fsp3) is 0.517. The third-order valence-electron chi connectivity index (χ3n) is 9.12. The average molecular weight is 619 g/mol. The van der Waals surface area contributed by atoms with Crippen molar-refractivity contribution >= 4 is 47.5 Å². The lowest BCUT2D eigenvalue weighted by Gasteiger charge is -2.53. The average Bonchev–Trinajstić information content (AvgIpc) is 2.94. The first-order valence-electron chi connectivity index (χ1n) is 14.0. The van der Waals surface area contributed by atoms with E-state index in [1.165, 1.54) is 31.1 Å². The number of nitrogens with two attached hydrogens (primary N) is 1. The van der Waals surface area contributed by atoms with E-state index in [1.807, 2.05) is 18.7 Å². The zero-order valence-electron chi connectivity index (χ0n) is 24.5. The number of likely N-dealkylation sites (N-methyl/N-ethyl adjacent to an activating group) is 2. The minimum Gasteiger partial charge on any atom is -0.508 e. The van der Waals surface area contributed by atoms with Gasteiger partial charge in [0.15, 0.2) is 11.4 Å². The molecule has 43 heavy (non-hydrogen) atoms. The van der Waals surface area contributed by atoms with Crippen LogP contribution in [0.2, 0.25) is 0 Å². The van der Waals surface area contributed by atoms with Gasteiger partial charge in [0, 0.05) is 17.2 Å². The Morgan fingerprint density at radius 3 is 2.26 bits per heavy atom. The Morgan fingerprint density at radius 2 is 1.74 bits per heavy atom. The summed E-state index contributed by atoms with van der Waals surface area (Å²) in [6.45, 7) is 6.56. The number of phenolic OH excluding ortho intramolecular Hbond substituents is 1. The Labute approximate surface area is 254 Å². The molecule has 0 aliphatic heterocycles. The first-order chi connectivity index (χ1) is 20.1. The molecule has 1 aromatic carbocycles. The van der Waals surface area contributed by atoms with Gasteiger partial charge < -0.3 is 36.6 Å². The summed E-state index contributed by atoms with van der Waals surface area (Å²) in [6.07, 6.45) is -1.69. The van der Waals surface area contributed by atoms with E-state index in [0.717, 1.165) is 0 Å². The molecule has 0 heterocycles. The number of hydrogen-bond acceptors (Lipinski definition) is 12. The van der Waals surface area contributed by atoms with E-state index < -0.39 is 93.3 Å².